The van der Waals surface area contributed by atoms with Crippen LogP contribution in [0.1, 0.15) is 25.8 Å². The van der Waals surface area contributed by atoms with Crippen molar-refractivity contribution in [3.63, 3.8) is 0 Å². The maximum Gasteiger partial charge on any atom is 0.178 e. The number of fused-ring (bicyclic) bond motifs is 1. The second-order valence-corrected chi connectivity index (χ2v) is 7.03. The molecule has 0 saturated carbocycles. The molecule has 1 aromatic carbocycles. The van der Waals surface area contributed by atoms with Gasteiger partial charge in [-0.1, -0.05) is 18.2 Å². The fourth-order valence-electron chi connectivity index (χ4n) is 2.12. The zero-order chi connectivity index (χ0) is 13.4. The molecule has 0 radical (unpaired) electrons. The fourth-order valence-corrected chi connectivity index (χ4v) is 3.83. The summed E-state index contributed by atoms with van der Waals surface area (Å²) in [6.07, 6.45) is 0.179. The van der Waals surface area contributed by atoms with E-state index in [1.54, 1.807) is 24.3 Å². The molecule has 0 bridgehead atoms. The van der Waals surface area contributed by atoms with Crippen LogP contribution in [-0.2, 0) is 20.2 Å². The van der Waals surface area contributed by atoms with Crippen LogP contribution in [0, 0.1) is 0 Å². The SMILES string of the molecule is CC(C)OCC1(O)CCS(=O)(=O)c2ccccc21. The van der Waals surface area contributed by atoms with Crippen LogP contribution in [0.2, 0.25) is 0 Å². The molecular weight excluding hydrogens is 252 g/mol. The second kappa shape index (κ2) is 4.64. The number of sulfone groups is 1. The average Bonchev–Trinajstić information content (AvgIpc) is 2.33. The molecular formula is C13H18O4S. The molecule has 18 heavy (non-hydrogen) atoms. The highest BCUT2D eigenvalue weighted by Crippen LogP contribution is 2.37. The second-order valence-electron chi connectivity index (χ2n) is 4.96. The Hall–Kier alpha value is -0.910. The van der Waals surface area contributed by atoms with Crippen molar-refractivity contribution in [3.8, 4) is 0 Å². The number of ether oxygens (including phenoxy) is 1. The molecule has 4 nitrogen and oxygen atoms in total. The first kappa shape index (κ1) is 13.5. The van der Waals surface area contributed by atoms with Crippen LogP contribution >= 0.6 is 0 Å². The average molecular weight is 270 g/mol. The van der Waals surface area contributed by atoms with Crippen molar-refractivity contribution in [3.05, 3.63) is 29.8 Å². The predicted molar refractivity (Wildman–Crippen MR) is 68.1 cm³/mol. The van der Waals surface area contributed by atoms with Gasteiger partial charge in [-0.15, -0.1) is 0 Å². The van der Waals surface area contributed by atoms with Crippen LogP contribution in [0.25, 0.3) is 0 Å². The van der Waals surface area contributed by atoms with E-state index in [0.717, 1.165) is 0 Å². The minimum Gasteiger partial charge on any atom is -0.383 e. The Labute approximate surface area is 108 Å². The van der Waals surface area contributed by atoms with Gasteiger partial charge in [0.05, 0.1) is 23.4 Å². The lowest BCUT2D eigenvalue weighted by atomic mass is 9.91. The largest absolute Gasteiger partial charge is 0.383 e. The summed E-state index contributed by atoms with van der Waals surface area (Å²) in [6.45, 7) is 3.89. The Balaban J connectivity index is 2.42. The molecule has 1 heterocycles. The highest BCUT2D eigenvalue weighted by atomic mass is 32.2. The van der Waals surface area contributed by atoms with Gasteiger partial charge in [-0.3, -0.25) is 0 Å². The first-order valence-corrected chi connectivity index (χ1v) is 7.67. The van der Waals surface area contributed by atoms with E-state index in [1.165, 1.54) is 0 Å². The maximum atomic E-state index is 11.9. The van der Waals surface area contributed by atoms with Crippen LogP contribution in [0.5, 0.6) is 0 Å². The quantitative estimate of drug-likeness (QED) is 0.903. The Morgan fingerprint density at radius 2 is 2.06 bits per heavy atom. The molecule has 1 aromatic rings. The van der Waals surface area contributed by atoms with E-state index < -0.39 is 15.4 Å². The van der Waals surface area contributed by atoms with Gasteiger partial charge in [0.2, 0.25) is 0 Å². The first-order valence-electron chi connectivity index (χ1n) is 6.01. The molecule has 0 amide bonds. The van der Waals surface area contributed by atoms with E-state index in [2.05, 4.69) is 0 Å². The summed E-state index contributed by atoms with van der Waals surface area (Å²) >= 11 is 0. The monoisotopic (exact) mass is 270 g/mol. The lowest BCUT2D eigenvalue weighted by Gasteiger charge is -2.34. The lowest BCUT2D eigenvalue weighted by molar-refractivity contribution is -0.0735. The molecule has 0 saturated heterocycles. The lowest BCUT2D eigenvalue weighted by Crippen LogP contribution is -2.39. The van der Waals surface area contributed by atoms with Gasteiger partial charge in [0.25, 0.3) is 0 Å². The molecule has 1 aliphatic rings. The van der Waals surface area contributed by atoms with E-state index >= 15 is 0 Å². The summed E-state index contributed by atoms with van der Waals surface area (Å²) in [5.41, 5.74) is -0.747. The fraction of sp³-hybridized carbons (Fsp3) is 0.538. The number of aliphatic hydroxyl groups is 1. The Morgan fingerprint density at radius 3 is 2.72 bits per heavy atom. The van der Waals surface area contributed by atoms with Crippen LogP contribution in [0.4, 0.5) is 0 Å². The minimum atomic E-state index is -3.27. The van der Waals surface area contributed by atoms with Gasteiger partial charge in [-0.05, 0) is 26.3 Å². The summed E-state index contributed by atoms with van der Waals surface area (Å²) in [5.74, 6) is -0.0397. The maximum absolute atomic E-state index is 11.9. The first-order chi connectivity index (χ1) is 8.35. The number of benzene rings is 1. The summed E-state index contributed by atoms with van der Waals surface area (Å²) in [5, 5.41) is 10.6. The summed E-state index contributed by atoms with van der Waals surface area (Å²) in [6, 6.07) is 6.62. The van der Waals surface area contributed by atoms with Crippen molar-refractivity contribution in [2.45, 2.75) is 36.9 Å². The van der Waals surface area contributed by atoms with Gasteiger partial charge in [-0.25, -0.2) is 8.42 Å². The molecule has 1 N–H and O–H groups in total. The summed E-state index contributed by atoms with van der Waals surface area (Å²) in [7, 11) is -3.27. The molecule has 0 spiro atoms. The molecule has 1 atom stereocenters. The van der Waals surface area contributed by atoms with E-state index in [9.17, 15) is 13.5 Å². The Bertz CT molecular complexity index is 536. The van der Waals surface area contributed by atoms with Crippen molar-refractivity contribution in [2.24, 2.45) is 0 Å². The Morgan fingerprint density at radius 1 is 1.39 bits per heavy atom. The van der Waals surface area contributed by atoms with E-state index in [-0.39, 0.29) is 29.8 Å². The third kappa shape index (κ3) is 2.43. The van der Waals surface area contributed by atoms with Gasteiger partial charge >= 0.3 is 0 Å². The van der Waals surface area contributed by atoms with Gasteiger partial charge in [0, 0.05) is 5.56 Å². The molecule has 0 fully saturated rings. The molecule has 0 aromatic heterocycles. The van der Waals surface area contributed by atoms with Crippen LogP contribution in [-0.4, -0.2) is 32.0 Å². The van der Waals surface area contributed by atoms with E-state index in [4.69, 9.17) is 4.74 Å². The van der Waals surface area contributed by atoms with E-state index in [0.29, 0.717) is 5.56 Å². The number of hydrogen-bond acceptors (Lipinski definition) is 4. The minimum absolute atomic E-state index is 0.000258. The van der Waals surface area contributed by atoms with Gasteiger partial charge < -0.3 is 9.84 Å². The van der Waals surface area contributed by atoms with Crippen molar-refractivity contribution in [1.82, 2.24) is 0 Å². The highest BCUT2D eigenvalue weighted by Gasteiger charge is 2.40. The normalized spacial score (nSPS) is 26.0. The zero-order valence-electron chi connectivity index (χ0n) is 10.6. The third-order valence-corrected chi connectivity index (χ3v) is 4.93. The molecule has 5 heteroatoms. The van der Waals surface area contributed by atoms with Gasteiger partial charge in [0.1, 0.15) is 5.60 Å². The molecule has 1 aliphatic heterocycles. The molecule has 0 aliphatic carbocycles. The molecule has 2 rings (SSSR count). The Kier molecular flexibility index (Phi) is 3.49. The number of hydrogen-bond donors (Lipinski definition) is 1. The van der Waals surface area contributed by atoms with Crippen LogP contribution in [0.3, 0.4) is 0 Å². The zero-order valence-corrected chi connectivity index (χ0v) is 11.4. The standard InChI is InChI=1S/C13H18O4S/c1-10(2)17-9-13(14)7-8-18(15,16)12-6-4-3-5-11(12)13/h3-6,10,14H,7-9H2,1-2H3. The number of rotatable bonds is 3. The molecule has 1 unspecified atom stereocenters. The van der Waals surface area contributed by atoms with Crippen molar-refractivity contribution >= 4 is 9.84 Å². The summed E-state index contributed by atoms with van der Waals surface area (Å²) in [4.78, 5) is 0.228. The highest BCUT2D eigenvalue weighted by molar-refractivity contribution is 7.91. The van der Waals surface area contributed by atoms with Gasteiger partial charge in [0.15, 0.2) is 9.84 Å². The third-order valence-electron chi connectivity index (χ3n) is 3.16. The van der Waals surface area contributed by atoms with Crippen LogP contribution < -0.4 is 0 Å². The summed E-state index contributed by atoms with van der Waals surface area (Å²) < 4.78 is 29.4. The smallest absolute Gasteiger partial charge is 0.178 e. The van der Waals surface area contributed by atoms with Gasteiger partial charge in [-0.2, -0.15) is 0 Å². The molecule has 100 valence electrons. The topological polar surface area (TPSA) is 63.6 Å². The van der Waals surface area contributed by atoms with E-state index in [1.807, 2.05) is 13.8 Å². The van der Waals surface area contributed by atoms with Crippen molar-refractivity contribution in [2.75, 3.05) is 12.4 Å². The predicted octanol–water partition coefficient (Wildman–Crippen LogP) is 1.48. The van der Waals surface area contributed by atoms with Crippen molar-refractivity contribution in [1.29, 1.82) is 0 Å². The van der Waals surface area contributed by atoms with Crippen LogP contribution in [0.15, 0.2) is 29.2 Å². The van der Waals surface area contributed by atoms with Crippen molar-refractivity contribution < 1.29 is 18.3 Å².